The van der Waals surface area contributed by atoms with Crippen LogP contribution in [0.1, 0.15) is 27.2 Å². The van der Waals surface area contributed by atoms with Gasteiger partial charge in [-0.2, -0.15) is 0 Å². The van der Waals surface area contributed by atoms with Crippen molar-refractivity contribution >= 4 is 11.8 Å². The summed E-state index contributed by atoms with van der Waals surface area (Å²) in [5.74, 6) is -0.625. The Morgan fingerprint density at radius 2 is 2.17 bits per heavy atom. The molecule has 12 heavy (non-hydrogen) atoms. The first kappa shape index (κ1) is 9.23. The molecule has 0 spiro atoms. The van der Waals surface area contributed by atoms with E-state index in [0.29, 0.717) is 12.3 Å². The van der Waals surface area contributed by atoms with Crippen molar-refractivity contribution in [1.29, 1.82) is 0 Å². The topological polar surface area (TPSA) is 43.4 Å². The van der Waals surface area contributed by atoms with Crippen LogP contribution in [0.2, 0.25) is 0 Å². The maximum Gasteiger partial charge on any atom is 0.316 e. The number of rotatable bonds is 2. The Balaban J connectivity index is 2.62. The zero-order valence-electron chi connectivity index (χ0n) is 7.66. The fraction of sp³-hybridized carbons (Fsp3) is 0.778. The lowest BCUT2D eigenvalue weighted by molar-refractivity contribution is -0.147. The van der Waals surface area contributed by atoms with E-state index in [1.807, 2.05) is 13.8 Å². The summed E-state index contributed by atoms with van der Waals surface area (Å²) in [5.41, 5.74) is 0. The second kappa shape index (κ2) is 3.25. The first-order valence-electron chi connectivity index (χ1n) is 4.23. The Kier molecular flexibility index (Phi) is 2.50. The molecule has 0 aliphatic carbocycles. The number of carbonyl (C=O) groups excluding carboxylic acids is 2. The Bertz CT molecular complexity index is 208. The average molecular weight is 170 g/mol. The Hall–Kier alpha value is -0.860. The number of Topliss-reactive ketones (excluding diaryl/α,β-unsaturated/α-hetero) is 1. The number of carbonyl (C=O) groups is 2. The minimum Gasteiger partial charge on any atom is -0.462 e. The molecule has 0 N–H and O–H groups in total. The van der Waals surface area contributed by atoms with E-state index in [1.165, 1.54) is 6.92 Å². The van der Waals surface area contributed by atoms with E-state index in [4.69, 9.17) is 4.74 Å². The minimum atomic E-state index is -0.502. The van der Waals surface area contributed by atoms with E-state index >= 15 is 0 Å². The molecule has 0 bridgehead atoms. The first-order chi connectivity index (χ1) is 5.52. The molecule has 0 radical (unpaired) electrons. The molecule has 68 valence electrons. The van der Waals surface area contributed by atoms with Crippen molar-refractivity contribution in [1.82, 2.24) is 0 Å². The summed E-state index contributed by atoms with van der Waals surface area (Å²) in [7, 11) is 0. The summed E-state index contributed by atoms with van der Waals surface area (Å²) in [4.78, 5) is 22.0. The van der Waals surface area contributed by atoms with Crippen LogP contribution in [-0.2, 0) is 14.3 Å². The van der Waals surface area contributed by atoms with E-state index < -0.39 is 5.92 Å². The van der Waals surface area contributed by atoms with Gasteiger partial charge in [-0.25, -0.2) is 0 Å². The van der Waals surface area contributed by atoms with Crippen LogP contribution in [0.25, 0.3) is 0 Å². The number of cyclic esters (lactones) is 1. The largest absolute Gasteiger partial charge is 0.462 e. The highest BCUT2D eigenvalue weighted by Crippen LogP contribution is 2.26. The number of esters is 1. The minimum absolute atomic E-state index is 0.0635. The highest BCUT2D eigenvalue weighted by Gasteiger charge is 2.38. The molecule has 0 aromatic heterocycles. The summed E-state index contributed by atoms with van der Waals surface area (Å²) < 4.78 is 5.04. The molecule has 1 fully saturated rings. The lowest BCUT2D eigenvalue weighted by Gasteiger charge is -2.11. The van der Waals surface area contributed by atoms with Crippen LogP contribution in [0.15, 0.2) is 0 Å². The summed E-state index contributed by atoms with van der Waals surface area (Å²) >= 11 is 0. The zero-order chi connectivity index (χ0) is 9.30. The van der Waals surface area contributed by atoms with Crippen molar-refractivity contribution < 1.29 is 14.3 Å². The van der Waals surface area contributed by atoms with Gasteiger partial charge in [0.15, 0.2) is 0 Å². The van der Waals surface area contributed by atoms with Crippen molar-refractivity contribution in [3.05, 3.63) is 0 Å². The van der Waals surface area contributed by atoms with Gasteiger partial charge in [-0.05, 0) is 12.8 Å². The quantitative estimate of drug-likeness (QED) is 0.461. The molecule has 0 saturated carbocycles. The molecule has 1 rings (SSSR count). The van der Waals surface area contributed by atoms with Crippen molar-refractivity contribution in [3.63, 3.8) is 0 Å². The Labute approximate surface area is 72.1 Å². The SMILES string of the molecule is CC(=O)[C@@H]1C[C@@H](C(C)C)OC1=O. The Morgan fingerprint density at radius 1 is 1.58 bits per heavy atom. The van der Waals surface area contributed by atoms with E-state index in [1.54, 1.807) is 0 Å². The van der Waals surface area contributed by atoms with E-state index in [0.717, 1.165) is 0 Å². The van der Waals surface area contributed by atoms with Crippen LogP contribution in [-0.4, -0.2) is 17.9 Å². The molecule has 0 amide bonds. The second-order valence-corrected chi connectivity index (χ2v) is 3.62. The van der Waals surface area contributed by atoms with Gasteiger partial charge in [0.25, 0.3) is 0 Å². The molecule has 1 aliphatic heterocycles. The lowest BCUT2D eigenvalue weighted by Crippen LogP contribution is -2.15. The number of hydrogen-bond donors (Lipinski definition) is 0. The van der Waals surface area contributed by atoms with Crippen molar-refractivity contribution in [2.45, 2.75) is 33.3 Å². The van der Waals surface area contributed by atoms with Crippen LogP contribution in [0.4, 0.5) is 0 Å². The maximum absolute atomic E-state index is 11.1. The van der Waals surface area contributed by atoms with Gasteiger partial charge < -0.3 is 4.74 Å². The number of ketones is 1. The highest BCUT2D eigenvalue weighted by molar-refractivity contribution is 5.98. The molecule has 0 unspecified atom stereocenters. The summed E-state index contributed by atoms with van der Waals surface area (Å²) in [6.45, 7) is 5.41. The summed E-state index contributed by atoms with van der Waals surface area (Å²) in [6.07, 6.45) is 0.498. The number of ether oxygens (including phenoxy) is 1. The van der Waals surface area contributed by atoms with Crippen molar-refractivity contribution in [2.24, 2.45) is 11.8 Å². The molecule has 3 heteroatoms. The average Bonchev–Trinajstić information content (AvgIpc) is 2.30. The van der Waals surface area contributed by atoms with Crippen molar-refractivity contribution in [2.75, 3.05) is 0 Å². The third kappa shape index (κ3) is 1.65. The lowest BCUT2D eigenvalue weighted by atomic mass is 9.96. The molecule has 0 aromatic rings. The van der Waals surface area contributed by atoms with E-state index in [9.17, 15) is 9.59 Å². The summed E-state index contributed by atoms with van der Waals surface area (Å²) in [5, 5.41) is 0. The van der Waals surface area contributed by atoms with Crippen LogP contribution >= 0.6 is 0 Å². The smallest absolute Gasteiger partial charge is 0.316 e. The monoisotopic (exact) mass is 170 g/mol. The molecule has 2 atom stereocenters. The predicted molar refractivity (Wildman–Crippen MR) is 43.5 cm³/mol. The third-order valence-electron chi connectivity index (χ3n) is 2.25. The standard InChI is InChI=1S/C9H14O3/c1-5(2)8-4-7(6(3)10)9(11)12-8/h5,7-8H,4H2,1-3H3/t7-,8-/m0/s1. The molecular formula is C9H14O3. The van der Waals surface area contributed by atoms with Crippen LogP contribution in [0, 0.1) is 11.8 Å². The molecule has 0 aromatic carbocycles. The van der Waals surface area contributed by atoms with Gasteiger partial charge in [0, 0.05) is 6.42 Å². The first-order valence-corrected chi connectivity index (χ1v) is 4.23. The van der Waals surface area contributed by atoms with Gasteiger partial charge in [-0.15, -0.1) is 0 Å². The fourth-order valence-corrected chi connectivity index (χ4v) is 1.35. The second-order valence-electron chi connectivity index (χ2n) is 3.62. The highest BCUT2D eigenvalue weighted by atomic mass is 16.6. The van der Waals surface area contributed by atoms with Gasteiger partial charge in [-0.1, -0.05) is 13.8 Å². The summed E-state index contributed by atoms with van der Waals surface area (Å²) in [6, 6.07) is 0. The molecule has 1 heterocycles. The molecule has 3 nitrogen and oxygen atoms in total. The normalized spacial score (nSPS) is 29.2. The molecule has 1 aliphatic rings. The van der Waals surface area contributed by atoms with E-state index in [2.05, 4.69) is 0 Å². The Morgan fingerprint density at radius 3 is 2.42 bits per heavy atom. The number of hydrogen-bond acceptors (Lipinski definition) is 3. The van der Waals surface area contributed by atoms with Gasteiger partial charge in [0.05, 0.1) is 0 Å². The molecule has 1 saturated heterocycles. The van der Waals surface area contributed by atoms with Crippen LogP contribution < -0.4 is 0 Å². The van der Waals surface area contributed by atoms with Gasteiger partial charge in [0.2, 0.25) is 0 Å². The molecular weight excluding hydrogens is 156 g/mol. The third-order valence-corrected chi connectivity index (χ3v) is 2.25. The van der Waals surface area contributed by atoms with Gasteiger partial charge in [0.1, 0.15) is 17.8 Å². The van der Waals surface area contributed by atoms with Crippen molar-refractivity contribution in [3.8, 4) is 0 Å². The maximum atomic E-state index is 11.1. The predicted octanol–water partition coefficient (Wildman–Crippen LogP) is 1.16. The fourth-order valence-electron chi connectivity index (χ4n) is 1.35. The van der Waals surface area contributed by atoms with Gasteiger partial charge in [-0.3, -0.25) is 9.59 Å². The van der Waals surface area contributed by atoms with Crippen LogP contribution in [0.5, 0.6) is 0 Å². The van der Waals surface area contributed by atoms with E-state index in [-0.39, 0.29) is 17.9 Å². The van der Waals surface area contributed by atoms with Crippen LogP contribution in [0.3, 0.4) is 0 Å². The van der Waals surface area contributed by atoms with Gasteiger partial charge >= 0.3 is 5.97 Å². The zero-order valence-corrected chi connectivity index (χ0v) is 7.66.